The summed E-state index contributed by atoms with van der Waals surface area (Å²) in [5.74, 6) is 5.15. The number of hydrogen-bond acceptors (Lipinski definition) is 3. The van der Waals surface area contributed by atoms with Gasteiger partial charge in [-0.2, -0.15) is 0 Å². The molecule has 5 nitrogen and oxygen atoms in total. The van der Waals surface area contributed by atoms with Gasteiger partial charge in [-0.05, 0) is 12.1 Å². The van der Waals surface area contributed by atoms with Crippen molar-refractivity contribution in [2.45, 2.75) is 0 Å². The summed E-state index contributed by atoms with van der Waals surface area (Å²) in [5, 5.41) is 9.04. The Bertz CT molecular complexity index is 305. The van der Waals surface area contributed by atoms with Gasteiger partial charge in [0.05, 0.1) is 0 Å². The Morgan fingerprint density at radius 1 is 1.75 bits per heavy atom. The number of halogens is 1. The van der Waals surface area contributed by atoms with Gasteiger partial charge >= 0.3 is 6.09 Å². The van der Waals surface area contributed by atoms with E-state index in [1.54, 1.807) is 6.07 Å². The maximum Gasteiger partial charge on any atom is 0.426 e. The van der Waals surface area contributed by atoms with Crippen molar-refractivity contribution >= 4 is 23.4 Å². The highest BCUT2D eigenvalue weighted by Crippen LogP contribution is 2.19. The molecule has 0 aliphatic rings. The predicted molar refractivity (Wildman–Crippen MR) is 43.9 cm³/mol. The molecule has 3 N–H and O–H groups in total. The average Bonchev–Trinajstić information content (AvgIpc) is 2.04. The number of anilines is 1. The van der Waals surface area contributed by atoms with Crippen LogP contribution in [-0.2, 0) is 0 Å². The highest BCUT2D eigenvalue weighted by molar-refractivity contribution is 6.32. The van der Waals surface area contributed by atoms with E-state index in [0.29, 0.717) is 5.01 Å². The quantitative estimate of drug-likeness (QED) is 0.299. The number of hydrazine groups is 1. The van der Waals surface area contributed by atoms with Gasteiger partial charge in [0.25, 0.3) is 0 Å². The molecule has 0 aliphatic carbocycles. The molecular weight excluding hydrogens is 182 g/mol. The van der Waals surface area contributed by atoms with Gasteiger partial charge in [0.1, 0.15) is 5.69 Å². The second-order valence-corrected chi connectivity index (χ2v) is 2.32. The predicted octanol–water partition coefficient (Wildman–Crippen LogP) is 1.09. The highest BCUT2D eigenvalue weighted by Gasteiger charge is 2.12. The number of rotatable bonds is 1. The molecule has 6 heteroatoms. The van der Waals surface area contributed by atoms with Gasteiger partial charge < -0.3 is 5.11 Å². The van der Waals surface area contributed by atoms with Crippen molar-refractivity contribution in [2.24, 2.45) is 5.84 Å². The molecule has 0 atom stereocenters. The molecule has 12 heavy (non-hydrogen) atoms. The first-order valence-corrected chi connectivity index (χ1v) is 3.39. The number of nitrogens with two attached hydrogens (primary N) is 1. The summed E-state index contributed by atoms with van der Waals surface area (Å²) in [6.07, 6.45) is 0.159. The molecule has 0 radical (unpaired) electrons. The van der Waals surface area contributed by atoms with Gasteiger partial charge in [-0.15, -0.1) is 0 Å². The van der Waals surface area contributed by atoms with E-state index in [1.807, 2.05) is 0 Å². The van der Waals surface area contributed by atoms with Crippen LogP contribution in [0.3, 0.4) is 0 Å². The second-order valence-electron chi connectivity index (χ2n) is 1.97. The van der Waals surface area contributed by atoms with E-state index in [9.17, 15) is 4.79 Å². The molecule has 0 saturated carbocycles. The summed E-state index contributed by atoms with van der Waals surface area (Å²) in [6.45, 7) is 0. The number of pyridine rings is 1. The monoisotopic (exact) mass is 187 g/mol. The summed E-state index contributed by atoms with van der Waals surface area (Å²) in [7, 11) is 0. The first-order valence-electron chi connectivity index (χ1n) is 3.01. The Balaban J connectivity index is 3.02. The third-order valence-electron chi connectivity index (χ3n) is 1.21. The van der Waals surface area contributed by atoms with Crippen LogP contribution < -0.4 is 10.9 Å². The Kier molecular flexibility index (Phi) is 2.47. The zero-order valence-corrected chi connectivity index (χ0v) is 6.69. The number of nitrogens with zero attached hydrogens (tertiary/aromatic N) is 2. The fourth-order valence-corrected chi connectivity index (χ4v) is 0.871. The molecule has 1 rings (SSSR count). The van der Waals surface area contributed by atoms with Crippen molar-refractivity contribution in [1.29, 1.82) is 0 Å². The summed E-state index contributed by atoms with van der Waals surface area (Å²) < 4.78 is 0. The van der Waals surface area contributed by atoms with Crippen LogP contribution in [0.25, 0.3) is 0 Å². The molecule has 0 aromatic carbocycles. The van der Waals surface area contributed by atoms with Crippen molar-refractivity contribution in [2.75, 3.05) is 5.01 Å². The van der Waals surface area contributed by atoms with Crippen molar-refractivity contribution in [3.05, 3.63) is 23.5 Å². The minimum absolute atomic E-state index is 0.0578. The third kappa shape index (κ3) is 1.63. The van der Waals surface area contributed by atoms with Gasteiger partial charge in [0.2, 0.25) is 0 Å². The SMILES string of the molecule is NN(C(=O)O)c1cccnc1Cl. The molecule has 1 aromatic heterocycles. The van der Waals surface area contributed by atoms with Crippen molar-refractivity contribution < 1.29 is 9.90 Å². The van der Waals surface area contributed by atoms with Crippen molar-refractivity contribution in [1.82, 2.24) is 4.98 Å². The van der Waals surface area contributed by atoms with Gasteiger partial charge in [0, 0.05) is 6.20 Å². The van der Waals surface area contributed by atoms with Crippen molar-refractivity contribution in [3.8, 4) is 0 Å². The van der Waals surface area contributed by atoms with Crippen LogP contribution in [0.1, 0.15) is 0 Å². The minimum Gasteiger partial charge on any atom is -0.464 e. The molecule has 0 bridgehead atoms. The van der Waals surface area contributed by atoms with Gasteiger partial charge in [-0.3, -0.25) is 0 Å². The number of carbonyl (C=O) groups is 1. The second kappa shape index (κ2) is 3.38. The standard InChI is InChI=1S/C6H6ClN3O2/c7-5-4(2-1-3-9-5)10(8)6(11)12/h1-3H,8H2,(H,11,12). The van der Waals surface area contributed by atoms with E-state index >= 15 is 0 Å². The zero-order valence-electron chi connectivity index (χ0n) is 5.94. The van der Waals surface area contributed by atoms with Crippen LogP contribution in [0.4, 0.5) is 10.5 Å². The topological polar surface area (TPSA) is 79.5 Å². The Morgan fingerprint density at radius 3 is 2.92 bits per heavy atom. The molecule has 0 fully saturated rings. The minimum atomic E-state index is -1.29. The Hall–Kier alpha value is -1.33. The largest absolute Gasteiger partial charge is 0.464 e. The molecule has 1 amide bonds. The Morgan fingerprint density at radius 2 is 2.42 bits per heavy atom. The lowest BCUT2D eigenvalue weighted by molar-refractivity contribution is 0.202. The van der Waals surface area contributed by atoms with Crippen LogP contribution in [0.5, 0.6) is 0 Å². The van der Waals surface area contributed by atoms with Gasteiger partial charge in [-0.1, -0.05) is 11.6 Å². The maximum atomic E-state index is 10.4. The highest BCUT2D eigenvalue weighted by atomic mass is 35.5. The molecule has 1 aromatic rings. The fourth-order valence-electron chi connectivity index (χ4n) is 0.660. The zero-order chi connectivity index (χ0) is 9.14. The van der Waals surface area contributed by atoms with Crippen LogP contribution in [0.2, 0.25) is 5.15 Å². The van der Waals surface area contributed by atoms with Crippen molar-refractivity contribution in [3.63, 3.8) is 0 Å². The third-order valence-corrected chi connectivity index (χ3v) is 1.50. The molecule has 0 saturated heterocycles. The summed E-state index contributed by atoms with van der Waals surface area (Å²) in [4.78, 5) is 14.0. The smallest absolute Gasteiger partial charge is 0.426 e. The lowest BCUT2D eigenvalue weighted by Crippen LogP contribution is -2.36. The first-order chi connectivity index (χ1) is 5.63. The molecule has 64 valence electrons. The van der Waals surface area contributed by atoms with Crippen LogP contribution >= 0.6 is 11.6 Å². The van der Waals surface area contributed by atoms with E-state index in [0.717, 1.165) is 0 Å². The number of aromatic nitrogens is 1. The lowest BCUT2D eigenvalue weighted by atomic mass is 10.4. The molecule has 1 heterocycles. The first kappa shape index (κ1) is 8.76. The van der Waals surface area contributed by atoms with E-state index in [1.165, 1.54) is 12.3 Å². The summed E-state index contributed by atoms with van der Waals surface area (Å²) >= 11 is 5.57. The maximum absolute atomic E-state index is 10.4. The van der Waals surface area contributed by atoms with Crippen LogP contribution in [0.15, 0.2) is 18.3 Å². The summed E-state index contributed by atoms with van der Waals surface area (Å²) in [5.41, 5.74) is 0.159. The molecule has 0 unspecified atom stereocenters. The summed E-state index contributed by atoms with van der Waals surface area (Å²) in [6, 6.07) is 3.01. The van der Waals surface area contributed by atoms with E-state index in [2.05, 4.69) is 4.98 Å². The van der Waals surface area contributed by atoms with Crippen LogP contribution in [0, 0.1) is 0 Å². The molecule has 0 spiro atoms. The van der Waals surface area contributed by atoms with Crippen LogP contribution in [-0.4, -0.2) is 16.2 Å². The Labute approximate surface area is 73.3 Å². The normalized spacial score (nSPS) is 9.50. The van der Waals surface area contributed by atoms with E-state index in [4.69, 9.17) is 22.6 Å². The van der Waals surface area contributed by atoms with E-state index in [-0.39, 0.29) is 10.8 Å². The number of hydrogen-bond donors (Lipinski definition) is 2. The fraction of sp³-hybridized carbons (Fsp3) is 0. The number of carboxylic acid groups (broad SMARTS) is 1. The van der Waals surface area contributed by atoms with Gasteiger partial charge in [-0.25, -0.2) is 20.6 Å². The van der Waals surface area contributed by atoms with E-state index < -0.39 is 6.09 Å². The lowest BCUT2D eigenvalue weighted by Gasteiger charge is -2.12. The molecular formula is C6H6ClN3O2. The molecule has 0 aliphatic heterocycles. The van der Waals surface area contributed by atoms with Gasteiger partial charge in [0.15, 0.2) is 5.15 Å². The number of amides is 1. The average molecular weight is 188 g/mol.